The largest absolute Gasteiger partial charge is 0.395 e. The number of aliphatic hydroxyl groups excluding tert-OH is 1. The number of aliphatic hydroxyl groups is 1. The van der Waals surface area contributed by atoms with Crippen molar-refractivity contribution >= 4 is 21.8 Å². The van der Waals surface area contributed by atoms with Crippen LogP contribution in [0.5, 0.6) is 0 Å². The Labute approximate surface area is 187 Å². The van der Waals surface area contributed by atoms with Gasteiger partial charge in [0, 0.05) is 55.8 Å². The lowest BCUT2D eigenvalue weighted by Gasteiger charge is -2.35. The lowest BCUT2D eigenvalue weighted by molar-refractivity contribution is -0.131. The molecule has 1 saturated heterocycles. The number of sulfone groups is 1. The number of hydroxylamine groups is 1. The van der Waals surface area contributed by atoms with Crippen molar-refractivity contribution in [1.29, 1.82) is 0 Å². The van der Waals surface area contributed by atoms with Gasteiger partial charge in [-0.2, -0.15) is 0 Å². The second kappa shape index (κ2) is 9.35. The third kappa shape index (κ3) is 4.81. The number of carbonyl (C=O) groups is 2. The van der Waals surface area contributed by atoms with Crippen LogP contribution in [0, 0.1) is 29.6 Å². The predicted octanol–water partition coefficient (Wildman–Crippen LogP) is -0.750. The molecule has 0 aliphatic carbocycles. The number of hydrogen-bond acceptors (Lipinski definition) is 7. The summed E-state index contributed by atoms with van der Waals surface area (Å²) in [5.41, 5.74) is 2.76. The zero-order chi connectivity index (χ0) is 23.5. The van der Waals surface area contributed by atoms with Crippen LogP contribution in [0.1, 0.15) is 24.6 Å². The van der Waals surface area contributed by atoms with E-state index in [1.807, 2.05) is 0 Å². The summed E-state index contributed by atoms with van der Waals surface area (Å²) in [6.45, 7) is 3.97. The Kier molecular flexibility index (Phi) is 6.96. The molecule has 11 heteroatoms. The van der Waals surface area contributed by atoms with Crippen molar-refractivity contribution < 1.29 is 28.3 Å². The van der Waals surface area contributed by atoms with Crippen molar-refractivity contribution in [2.45, 2.75) is 24.6 Å². The molecule has 3 N–H and O–H groups in total. The molecule has 2 aliphatic heterocycles. The summed E-state index contributed by atoms with van der Waals surface area (Å²) in [5.74, 6) is 10.8. The number of amides is 2. The van der Waals surface area contributed by atoms with Gasteiger partial charge in [0.05, 0.1) is 13.2 Å². The zero-order valence-corrected chi connectivity index (χ0v) is 18.8. The molecule has 2 aliphatic rings. The first-order chi connectivity index (χ1) is 15.1. The Morgan fingerprint density at radius 3 is 2.62 bits per heavy atom. The maximum absolute atomic E-state index is 12.7. The van der Waals surface area contributed by atoms with Crippen LogP contribution in [0.3, 0.4) is 0 Å². The molecule has 1 aromatic rings. The number of nitrogens with zero attached hydrogens (tertiary/aromatic N) is 3. The first kappa shape index (κ1) is 23.8. The Morgan fingerprint density at radius 1 is 1.31 bits per heavy atom. The lowest BCUT2D eigenvalue weighted by Crippen LogP contribution is -2.50. The summed E-state index contributed by atoms with van der Waals surface area (Å²) in [6.07, 6.45) is 2.37. The van der Waals surface area contributed by atoms with Crippen molar-refractivity contribution in [1.82, 2.24) is 19.8 Å². The second-order valence-corrected chi connectivity index (χ2v) is 10.6. The van der Waals surface area contributed by atoms with Crippen LogP contribution in [-0.2, 0) is 21.2 Å². The average Bonchev–Trinajstić information content (AvgIpc) is 3.24. The fourth-order valence-corrected chi connectivity index (χ4v) is 4.47. The third-order valence-electron chi connectivity index (χ3n) is 5.91. The van der Waals surface area contributed by atoms with Gasteiger partial charge >= 0.3 is 6.03 Å². The molecule has 1 atom stereocenters. The van der Waals surface area contributed by atoms with Gasteiger partial charge < -0.3 is 10.0 Å². The van der Waals surface area contributed by atoms with Gasteiger partial charge in [-0.05, 0) is 31.3 Å². The van der Waals surface area contributed by atoms with Gasteiger partial charge in [0.25, 0.3) is 5.91 Å². The molecular formula is C21H26N4O6S. The summed E-state index contributed by atoms with van der Waals surface area (Å²) in [5, 5.41) is 17.8. The van der Waals surface area contributed by atoms with Crippen LogP contribution >= 0.6 is 0 Å². The molecule has 0 saturated carbocycles. The lowest BCUT2D eigenvalue weighted by atomic mass is 10.0. The average molecular weight is 463 g/mol. The zero-order valence-electron chi connectivity index (χ0n) is 18.0. The van der Waals surface area contributed by atoms with Gasteiger partial charge in [-0.25, -0.2) is 18.7 Å². The van der Waals surface area contributed by atoms with Crippen LogP contribution < -0.4 is 5.48 Å². The Balaban J connectivity index is 1.58. The monoisotopic (exact) mass is 462 g/mol. The number of likely N-dealkylation sites (tertiary alicyclic amines) is 1. The second-order valence-electron chi connectivity index (χ2n) is 8.19. The van der Waals surface area contributed by atoms with E-state index in [2.05, 4.69) is 28.6 Å². The van der Waals surface area contributed by atoms with Gasteiger partial charge in [-0.15, -0.1) is 0 Å². The van der Waals surface area contributed by atoms with E-state index in [-0.39, 0.29) is 38.1 Å². The molecule has 0 aromatic carbocycles. The summed E-state index contributed by atoms with van der Waals surface area (Å²) in [4.78, 5) is 28.1. The maximum atomic E-state index is 12.7. The highest BCUT2D eigenvalue weighted by Gasteiger charge is 2.44. The minimum absolute atomic E-state index is 0.0265. The number of hydrogen-bond donors (Lipinski definition) is 3. The number of β-amino-alcohol motifs (C(OH)–C–C–N with tert-alkyl or cyclic N) is 1. The number of rotatable bonds is 7. The third-order valence-corrected chi connectivity index (χ3v) is 7.93. The molecule has 1 aromatic heterocycles. The molecule has 0 bridgehead atoms. The normalized spacial score (nSPS) is 18.0. The van der Waals surface area contributed by atoms with E-state index in [4.69, 9.17) is 10.3 Å². The van der Waals surface area contributed by atoms with Crippen LogP contribution in [-0.4, -0.2) is 88.8 Å². The van der Waals surface area contributed by atoms with Gasteiger partial charge in [0.15, 0.2) is 14.6 Å². The highest BCUT2D eigenvalue weighted by Crippen LogP contribution is 2.25. The quantitative estimate of drug-likeness (QED) is 0.276. The van der Waals surface area contributed by atoms with E-state index in [0.717, 1.165) is 19.3 Å². The van der Waals surface area contributed by atoms with E-state index in [1.165, 1.54) is 21.9 Å². The Morgan fingerprint density at radius 2 is 2.03 bits per heavy atom. The highest BCUT2D eigenvalue weighted by atomic mass is 32.2. The molecule has 2 amide bonds. The molecular weight excluding hydrogens is 436 g/mol. The molecule has 10 nitrogen and oxygen atoms in total. The van der Waals surface area contributed by atoms with Crippen LogP contribution in [0.2, 0.25) is 0 Å². The van der Waals surface area contributed by atoms with Gasteiger partial charge in [-0.1, -0.05) is 11.8 Å². The molecule has 3 heterocycles. The number of carbonyl (C=O) groups excluding carboxylic acids is 2. The molecule has 0 radical (unpaired) electrons. The minimum Gasteiger partial charge on any atom is -0.395 e. The van der Waals surface area contributed by atoms with Crippen molar-refractivity contribution in [2.75, 3.05) is 39.0 Å². The van der Waals surface area contributed by atoms with Crippen molar-refractivity contribution in [2.24, 2.45) is 5.92 Å². The molecule has 3 rings (SSSR count). The van der Waals surface area contributed by atoms with Gasteiger partial charge in [0.2, 0.25) is 0 Å². The summed E-state index contributed by atoms with van der Waals surface area (Å²) >= 11 is 0. The maximum Gasteiger partial charge on any atom is 0.328 e. The SMILES string of the molecule is CC(CCN1Cc2cc(C#CC#CC3CN(CCO)C3)cn2C1=O)(C(=O)NO)S(C)(=O)=O. The van der Waals surface area contributed by atoms with Gasteiger partial charge in [-0.3, -0.25) is 19.5 Å². The van der Waals surface area contributed by atoms with Crippen molar-refractivity contribution in [3.8, 4) is 23.7 Å². The summed E-state index contributed by atoms with van der Waals surface area (Å²) < 4.78 is 23.7. The van der Waals surface area contributed by atoms with Crippen molar-refractivity contribution in [3.63, 3.8) is 0 Å². The van der Waals surface area contributed by atoms with Crippen molar-refractivity contribution in [3.05, 3.63) is 23.5 Å². The van der Waals surface area contributed by atoms with E-state index < -0.39 is 20.5 Å². The van der Waals surface area contributed by atoms with Gasteiger partial charge in [0.1, 0.15) is 0 Å². The molecule has 0 spiro atoms. The van der Waals surface area contributed by atoms with E-state index in [9.17, 15) is 18.0 Å². The standard InChI is InChI=1S/C21H26N4O6S/c1-21(19(27)22-29,32(2,30)31)7-8-24-15-18-11-16(14-25(18)20(24)28)5-3-4-6-17-12-23(13-17)9-10-26/h11,14,17,26,29H,7-10,12-13,15H2,1-2H3,(H,22,27). The number of fused-ring (bicyclic) bond motifs is 1. The number of nitrogens with one attached hydrogen (secondary N) is 1. The first-order valence-corrected chi connectivity index (χ1v) is 12.0. The smallest absolute Gasteiger partial charge is 0.328 e. The minimum atomic E-state index is -3.83. The molecule has 1 fully saturated rings. The van der Waals surface area contributed by atoms with Crippen LogP contribution in [0.15, 0.2) is 12.3 Å². The highest BCUT2D eigenvalue weighted by molar-refractivity contribution is 7.92. The molecule has 172 valence electrons. The predicted molar refractivity (Wildman–Crippen MR) is 115 cm³/mol. The molecule has 1 unspecified atom stereocenters. The Hall–Kier alpha value is -2.83. The number of aromatic nitrogens is 1. The topological polar surface area (TPSA) is 132 Å². The van der Waals surface area contributed by atoms with E-state index >= 15 is 0 Å². The fourth-order valence-electron chi connectivity index (χ4n) is 3.63. The Bertz CT molecular complexity index is 1130. The van der Waals surface area contributed by atoms with Crippen LogP contribution in [0.4, 0.5) is 4.79 Å². The fraction of sp³-hybridized carbons (Fsp3) is 0.524. The first-order valence-electron chi connectivity index (χ1n) is 10.1. The van der Waals surface area contributed by atoms with E-state index in [1.54, 1.807) is 12.3 Å². The van der Waals surface area contributed by atoms with E-state index in [0.29, 0.717) is 17.8 Å². The summed E-state index contributed by atoms with van der Waals surface area (Å²) in [7, 11) is -3.83. The van der Waals surface area contributed by atoms with Crippen LogP contribution in [0.25, 0.3) is 0 Å². The molecule has 32 heavy (non-hydrogen) atoms. The summed E-state index contributed by atoms with van der Waals surface area (Å²) in [6, 6.07) is 1.44.